The van der Waals surface area contributed by atoms with Gasteiger partial charge in [0, 0.05) is 63.0 Å². The second kappa shape index (κ2) is 9.22. The third-order valence-electron chi connectivity index (χ3n) is 6.96. The van der Waals surface area contributed by atoms with Gasteiger partial charge in [-0.25, -0.2) is 0 Å². The number of benzene rings is 1. The summed E-state index contributed by atoms with van der Waals surface area (Å²) in [7, 11) is 4.30. The maximum absolute atomic E-state index is 4.45. The Balaban J connectivity index is 1.56. The number of likely N-dealkylation sites (tertiary alicyclic amines) is 1. The number of nitrogens with zero attached hydrogens (tertiary/aromatic N) is 3. The third-order valence-corrected chi connectivity index (χ3v) is 6.96. The van der Waals surface area contributed by atoms with Crippen LogP contribution in [0.5, 0.6) is 0 Å². The molecule has 2 saturated heterocycles. The highest BCUT2D eigenvalue weighted by Crippen LogP contribution is 2.35. The number of piperazine rings is 1. The van der Waals surface area contributed by atoms with Gasteiger partial charge in [0.2, 0.25) is 0 Å². The molecule has 1 unspecified atom stereocenters. The summed E-state index contributed by atoms with van der Waals surface area (Å²) in [4.78, 5) is 7.78. The molecule has 1 atom stereocenters. The second-order valence-electron chi connectivity index (χ2n) is 8.38. The van der Waals surface area contributed by atoms with E-state index in [1.54, 1.807) is 0 Å². The molecule has 2 fully saturated rings. The van der Waals surface area contributed by atoms with Gasteiger partial charge in [-0.15, -0.1) is 0 Å². The van der Waals surface area contributed by atoms with E-state index in [1.165, 1.54) is 56.7 Å². The van der Waals surface area contributed by atoms with Crippen LogP contribution in [0.3, 0.4) is 0 Å². The van der Waals surface area contributed by atoms with Crippen molar-refractivity contribution in [2.45, 2.75) is 44.2 Å². The van der Waals surface area contributed by atoms with E-state index >= 15 is 0 Å². The molecule has 1 aromatic carbocycles. The van der Waals surface area contributed by atoms with Gasteiger partial charge in [0.1, 0.15) is 0 Å². The summed E-state index contributed by atoms with van der Waals surface area (Å²) in [6.45, 7) is 14.0. The van der Waals surface area contributed by atoms with E-state index in [0.717, 1.165) is 19.5 Å². The van der Waals surface area contributed by atoms with E-state index < -0.39 is 0 Å². The van der Waals surface area contributed by atoms with Crippen LogP contribution in [-0.4, -0.2) is 73.6 Å². The van der Waals surface area contributed by atoms with Crippen molar-refractivity contribution in [2.24, 2.45) is 0 Å². The van der Waals surface area contributed by atoms with Crippen LogP contribution in [0.25, 0.3) is 0 Å². The maximum atomic E-state index is 4.45. The lowest BCUT2D eigenvalue weighted by atomic mass is 9.82. The van der Waals surface area contributed by atoms with Gasteiger partial charge >= 0.3 is 0 Å². The summed E-state index contributed by atoms with van der Waals surface area (Å²) in [5.41, 5.74) is 3.03. The Morgan fingerprint density at radius 2 is 1.70 bits per heavy atom. The molecule has 0 saturated carbocycles. The van der Waals surface area contributed by atoms with E-state index in [-0.39, 0.29) is 0 Å². The molecule has 0 spiro atoms. The average Bonchev–Trinajstić information content (AvgIpc) is 2.73. The fraction of sp³-hybridized carbons (Fsp3) is 0.652. The number of hydrogen-bond donors (Lipinski definition) is 1. The largest absolute Gasteiger partial charge is 0.375 e. The minimum atomic E-state index is 0.342. The lowest BCUT2D eigenvalue weighted by molar-refractivity contribution is -0.00359. The van der Waals surface area contributed by atoms with Crippen molar-refractivity contribution in [3.8, 4) is 0 Å². The molecule has 1 aromatic rings. The predicted molar refractivity (Wildman–Crippen MR) is 115 cm³/mol. The van der Waals surface area contributed by atoms with Crippen LogP contribution in [0, 0.1) is 0 Å². The van der Waals surface area contributed by atoms with Crippen molar-refractivity contribution in [2.75, 3.05) is 53.4 Å². The second-order valence-corrected chi connectivity index (χ2v) is 8.38. The van der Waals surface area contributed by atoms with Gasteiger partial charge in [0.15, 0.2) is 0 Å². The molecule has 0 aromatic heterocycles. The first-order chi connectivity index (χ1) is 13.1. The van der Waals surface area contributed by atoms with Gasteiger partial charge in [-0.05, 0) is 38.9 Å². The van der Waals surface area contributed by atoms with Crippen LogP contribution >= 0.6 is 0 Å². The Morgan fingerprint density at radius 1 is 1.07 bits per heavy atom. The summed E-state index contributed by atoms with van der Waals surface area (Å²) in [6, 6.07) is 11.1. The topological polar surface area (TPSA) is 21.8 Å². The van der Waals surface area contributed by atoms with Crippen LogP contribution in [0.1, 0.15) is 44.2 Å². The zero-order chi connectivity index (χ0) is 19.3. The highest BCUT2D eigenvalue weighted by Gasteiger charge is 2.39. The minimum absolute atomic E-state index is 0.342. The molecule has 0 bridgehead atoms. The fourth-order valence-electron chi connectivity index (χ4n) is 4.85. The number of nitrogens with one attached hydrogen (secondary N) is 1. The Morgan fingerprint density at radius 3 is 2.26 bits per heavy atom. The standard InChI is InChI=1S/C23H38N4/c1-5-23(27-17-15-25(4)16-18-27)11-13-26(14-12-23)20(2)19-22(24-3)21-9-7-6-8-10-21/h6-10,22,24H,2,5,11-19H2,1,3-4H3. The van der Waals surface area contributed by atoms with Crippen LogP contribution in [-0.2, 0) is 0 Å². The average molecular weight is 371 g/mol. The van der Waals surface area contributed by atoms with Gasteiger partial charge in [0.05, 0.1) is 0 Å². The summed E-state index contributed by atoms with van der Waals surface area (Å²) < 4.78 is 0. The first-order valence-electron chi connectivity index (χ1n) is 10.7. The van der Waals surface area contributed by atoms with Gasteiger partial charge in [-0.1, -0.05) is 43.8 Å². The summed E-state index contributed by atoms with van der Waals surface area (Å²) in [5, 5.41) is 3.47. The van der Waals surface area contributed by atoms with Crippen molar-refractivity contribution < 1.29 is 0 Å². The minimum Gasteiger partial charge on any atom is -0.375 e. The van der Waals surface area contributed by atoms with Gasteiger partial charge in [-0.2, -0.15) is 0 Å². The molecule has 0 aliphatic carbocycles. The quantitative estimate of drug-likeness (QED) is 0.794. The summed E-state index contributed by atoms with van der Waals surface area (Å²) in [6.07, 6.45) is 4.78. The Bertz CT molecular complexity index is 584. The molecule has 1 N–H and O–H groups in total. The Labute approximate surface area is 166 Å². The van der Waals surface area contributed by atoms with Crippen LogP contribution < -0.4 is 5.32 Å². The third kappa shape index (κ3) is 4.74. The molecule has 2 heterocycles. The van der Waals surface area contributed by atoms with E-state index in [2.05, 4.69) is 77.9 Å². The molecule has 2 aliphatic heterocycles. The molecular formula is C23H38N4. The molecule has 150 valence electrons. The molecule has 4 heteroatoms. The molecule has 0 radical (unpaired) electrons. The number of likely N-dealkylation sites (N-methyl/N-ethyl adjacent to an activating group) is 1. The van der Waals surface area contributed by atoms with E-state index in [9.17, 15) is 0 Å². The molecule has 27 heavy (non-hydrogen) atoms. The van der Waals surface area contributed by atoms with Gasteiger partial charge < -0.3 is 15.1 Å². The molecular weight excluding hydrogens is 332 g/mol. The van der Waals surface area contributed by atoms with Gasteiger partial charge in [0.25, 0.3) is 0 Å². The highest BCUT2D eigenvalue weighted by atomic mass is 15.3. The summed E-state index contributed by atoms with van der Waals surface area (Å²) in [5.74, 6) is 0. The molecule has 2 aliphatic rings. The fourth-order valence-corrected chi connectivity index (χ4v) is 4.85. The van der Waals surface area contributed by atoms with Crippen molar-refractivity contribution in [1.29, 1.82) is 0 Å². The van der Waals surface area contributed by atoms with Crippen LogP contribution in [0.15, 0.2) is 42.6 Å². The number of rotatable bonds is 7. The lowest BCUT2D eigenvalue weighted by Gasteiger charge is -2.51. The summed E-state index contributed by atoms with van der Waals surface area (Å²) >= 11 is 0. The lowest BCUT2D eigenvalue weighted by Crippen LogP contribution is -2.59. The van der Waals surface area contributed by atoms with E-state index in [1.807, 2.05) is 0 Å². The number of hydrogen-bond acceptors (Lipinski definition) is 4. The molecule has 0 amide bonds. The Hall–Kier alpha value is -1.36. The van der Waals surface area contributed by atoms with E-state index in [4.69, 9.17) is 0 Å². The van der Waals surface area contributed by atoms with Crippen molar-refractivity contribution in [3.63, 3.8) is 0 Å². The SMILES string of the molecule is C=C(CC(NC)c1ccccc1)N1CCC(CC)(N2CCN(C)CC2)CC1. The van der Waals surface area contributed by atoms with Crippen molar-refractivity contribution in [1.82, 2.24) is 20.0 Å². The monoisotopic (exact) mass is 370 g/mol. The smallest absolute Gasteiger partial charge is 0.0372 e. The molecule has 3 rings (SSSR count). The zero-order valence-corrected chi connectivity index (χ0v) is 17.6. The van der Waals surface area contributed by atoms with Crippen molar-refractivity contribution in [3.05, 3.63) is 48.2 Å². The van der Waals surface area contributed by atoms with Crippen LogP contribution in [0.4, 0.5) is 0 Å². The van der Waals surface area contributed by atoms with Gasteiger partial charge in [-0.3, -0.25) is 4.90 Å². The Kier molecular flexibility index (Phi) is 6.96. The number of piperidine rings is 1. The van der Waals surface area contributed by atoms with Crippen LogP contribution in [0.2, 0.25) is 0 Å². The van der Waals surface area contributed by atoms with Crippen molar-refractivity contribution >= 4 is 0 Å². The highest BCUT2D eigenvalue weighted by molar-refractivity contribution is 5.20. The first-order valence-corrected chi connectivity index (χ1v) is 10.7. The molecule has 4 nitrogen and oxygen atoms in total. The van der Waals surface area contributed by atoms with E-state index in [0.29, 0.717) is 11.6 Å². The first kappa shape index (κ1) is 20.4. The maximum Gasteiger partial charge on any atom is 0.0372 e. The predicted octanol–water partition coefficient (Wildman–Crippen LogP) is 3.34. The normalized spacial score (nSPS) is 22.6. The zero-order valence-electron chi connectivity index (χ0n) is 17.6.